The fourth-order valence-corrected chi connectivity index (χ4v) is 5.57. The van der Waals surface area contributed by atoms with E-state index >= 15 is 0 Å². The molecule has 2 aromatic heterocycles. The van der Waals surface area contributed by atoms with Crippen LogP contribution in [-0.4, -0.2) is 38.8 Å². The van der Waals surface area contributed by atoms with Crippen LogP contribution in [0.3, 0.4) is 0 Å². The summed E-state index contributed by atoms with van der Waals surface area (Å²) >= 11 is 7.46. The molecule has 9 nitrogen and oxygen atoms in total. The molecule has 2 aliphatic rings. The van der Waals surface area contributed by atoms with E-state index < -0.39 is 24.0 Å². The number of nitrogens with zero attached hydrogens (tertiary/aromatic N) is 2. The number of fused-ring (bicyclic) bond motifs is 2. The van der Waals surface area contributed by atoms with E-state index in [9.17, 15) is 18.8 Å². The Morgan fingerprint density at radius 3 is 2.76 bits per heavy atom. The van der Waals surface area contributed by atoms with Crippen molar-refractivity contribution < 1.29 is 18.8 Å². The molecular weight excluding hydrogens is 519 g/mol. The van der Waals surface area contributed by atoms with Crippen molar-refractivity contribution in [1.29, 1.82) is 0 Å². The number of aryl methyl sites for hydroxylation is 1. The van der Waals surface area contributed by atoms with Crippen LogP contribution < -0.4 is 21.5 Å². The predicted octanol–water partition coefficient (Wildman–Crippen LogP) is 3.55. The summed E-state index contributed by atoms with van der Waals surface area (Å²) in [5.74, 6) is 0.0112. The maximum absolute atomic E-state index is 14.6. The number of rotatable bonds is 5. The normalized spacial score (nSPS) is 18.3. The molecule has 0 saturated carbocycles. The van der Waals surface area contributed by atoms with Crippen LogP contribution in [0.25, 0.3) is 0 Å². The molecule has 1 fully saturated rings. The Hall–Kier alpha value is -3.70. The van der Waals surface area contributed by atoms with Crippen LogP contribution >= 0.6 is 23.4 Å². The van der Waals surface area contributed by atoms with Crippen LogP contribution in [0.5, 0.6) is 0 Å². The fraction of sp³-hybridized carbons (Fsp3) is 0.240. The van der Waals surface area contributed by atoms with E-state index in [2.05, 4.69) is 31.5 Å². The van der Waals surface area contributed by atoms with Crippen molar-refractivity contribution in [3.8, 4) is 0 Å². The average Bonchev–Trinajstić information content (AvgIpc) is 3.22. The quantitative estimate of drug-likeness (QED) is 0.365. The molecule has 0 bridgehead atoms. The van der Waals surface area contributed by atoms with Crippen molar-refractivity contribution in [3.05, 3.63) is 87.6 Å². The maximum atomic E-state index is 14.6. The molecule has 3 heterocycles. The first kappa shape index (κ1) is 25.0. The molecule has 3 aromatic rings. The largest absolute Gasteiger partial charge is 0.341 e. The van der Waals surface area contributed by atoms with Crippen LogP contribution in [0.1, 0.15) is 45.1 Å². The second kappa shape index (κ2) is 10.7. The zero-order valence-electron chi connectivity index (χ0n) is 19.4. The molecular formula is C25H22ClFN6O3S. The van der Waals surface area contributed by atoms with Gasteiger partial charge in [-0.2, -0.15) is 0 Å². The Kier molecular flexibility index (Phi) is 7.24. The first-order valence-corrected chi connectivity index (χ1v) is 12.9. The van der Waals surface area contributed by atoms with Crippen LogP contribution in [0.15, 0.2) is 48.9 Å². The highest BCUT2D eigenvalue weighted by atomic mass is 35.5. The van der Waals surface area contributed by atoms with E-state index in [1.807, 2.05) is 6.07 Å². The summed E-state index contributed by atoms with van der Waals surface area (Å²) in [7, 11) is 0. The van der Waals surface area contributed by atoms with E-state index in [0.717, 1.165) is 11.1 Å². The van der Waals surface area contributed by atoms with Crippen LogP contribution in [-0.2, 0) is 17.6 Å². The Morgan fingerprint density at radius 2 is 1.97 bits per heavy atom. The molecule has 37 heavy (non-hydrogen) atoms. The van der Waals surface area contributed by atoms with E-state index in [-0.39, 0.29) is 27.3 Å². The number of pyridine rings is 2. The Bertz CT molecular complexity index is 1390. The lowest BCUT2D eigenvalue weighted by Crippen LogP contribution is -2.41. The van der Waals surface area contributed by atoms with Gasteiger partial charge in [0.15, 0.2) is 5.82 Å². The molecule has 1 aromatic carbocycles. The van der Waals surface area contributed by atoms with Crippen LogP contribution in [0, 0.1) is 5.82 Å². The molecule has 1 aliphatic carbocycles. The predicted molar refractivity (Wildman–Crippen MR) is 138 cm³/mol. The van der Waals surface area contributed by atoms with E-state index in [1.165, 1.54) is 30.1 Å². The summed E-state index contributed by atoms with van der Waals surface area (Å²) < 4.78 is 14.6. The number of anilines is 1. The lowest BCUT2D eigenvalue weighted by molar-refractivity contribution is -0.112. The van der Waals surface area contributed by atoms with Gasteiger partial charge in [0.2, 0.25) is 5.12 Å². The molecule has 190 valence electrons. The van der Waals surface area contributed by atoms with E-state index in [4.69, 9.17) is 11.6 Å². The molecule has 3 amide bonds. The topological polar surface area (TPSA) is 125 Å². The van der Waals surface area contributed by atoms with Crippen molar-refractivity contribution in [1.82, 2.24) is 26.0 Å². The minimum absolute atomic E-state index is 0.0710. The van der Waals surface area contributed by atoms with Gasteiger partial charge in [0, 0.05) is 29.9 Å². The number of thioether (sulfide) groups is 1. The maximum Gasteiger partial charge on any atom is 0.334 e. The minimum Gasteiger partial charge on any atom is -0.341 e. The summed E-state index contributed by atoms with van der Waals surface area (Å²) in [5, 5.41) is 5.57. The van der Waals surface area contributed by atoms with Crippen molar-refractivity contribution in [2.75, 3.05) is 11.2 Å². The summed E-state index contributed by atoms with van der Waals surface area (Å²) in [6.07, 6.45) is 6.34. The highest BCUT2D eigenvalue weighted by Gasteiger charge is 2.28. The number of hydrogen-bond donors (Lipinski definition) is 4. The minimum atomic E-state index is -0.621. The van der Waals surface area contributed by atoms with Gasteiger partial charge in [-0.3, -0.25) is 25.4 Å². The number of benzene rings is 1. The number of urea groups is 1. The SMILES string of the molecule is O=C(NNc1ncc(C(=O)N[C@@H]2CCSC2=O)cc1Cl)NC1c2cnccc2CCc2c(F)cccc21. The van der Waals surface area contributed by atoms with Gasteiger partial charge in [0.05, 0.1) is 22.7 Å². The molecule has 1 unspecified atom stereocenters. The molecule has 1 aliphatic heterocycles. The molecule has 2 atom stereocenters. The number of halogens is 2. The third-order valence-corrected chi connectivity index (χ3v) is 7.58. The zero-order valence-corrected chi connectivity index (χ0v) is 21.0. The van der Waals surface area contributed by atoms with Crippen molar-refractivity contribution in [2.24, 2.45) is 0 Å². The number of carbonyl (C=O) groups is 3. The number of nitrogens with one attached hydrogen (secondary N) is 4. The standard InChI is InChI=1S/C25H22ClFN6O3S/c26-18-10-14(23(34)30-20-7-9-37-24(20)35)11-29-22(18)32-33-25(36)31-21-16-2-1-3-19(27)15(16)5-4-13-6-8-28-12-17(13)21/h1-3,6,8,10-12,20-21H,4-5,7,9H2,(H,29,32)(H,30,34)(H2,31,33,36)/t20-,21?/m1/s1. The third kappa shape index (κ3) is 5.37. The fourth-order valence-electron chi connectivity index (χ4n) is 4.42. The van der Waals surface area contributed by atoms with Gasteiger partial charge in [-0.15, -0.1) is 0 Å². The number of aromatic nitrogens is 2. The number of amides is 3. The van der Waals surface area contributed by atoms with Gasteiger partial charge in [0.1, 0.15) is 5.82 Å². The third-order valence-electron chi connectivity index (χ3n) is 6.28. The van der Waals surface area contributed by atoms with Crippen LogP contribution in [0.4, 0.5) is 15.0 Å². The lowest BCUT2D eigenvalue weighted by Gasteiger charge is -2.22. The van der Waals surface area contributed by atoms with Gasteiger partial charge in [-0.05, 0) is 54.2 Å². The Morgan fingerprint density at radius 1 is 1.11 bits per heavy atom. The monoisotopic (exact) mass is 540 g/mol. The lowest BCUT2D eigenvalue weighted by atomic mass is 9.96. The molecule has 0 spiro atoms. The first-order chi connectivity index (χ1) is 17.9. The number of hydrazine groups is 1. The Labute approximate surface area is 221 Å². The number of hydrogen-bond acceptors (Lipinski definition) is 7. The van der Waals surface area contributed by atoms with Gasteiger partial charge in [0.25, 0.3) is 5.91 Å². The molecule has 5 rings (SSSR count). The van der Waals surface area contributed by atoms with Gasteiger partial charge in [-0.1, -0.05) is 35.5 Å². The average molecular weight is 541 g/mol. The highest BCUT2D eigenvalue weighted by molar-refractivity contribution is 8.14. The molecule has 4 N–H and O–H groups in total. The zero-order chi connectivity index (χ0) is 25.9. The Balaban J connectivity index is 1.27. The first-order valence-electron chi connectivity index (χ1n) is 11.6. The molecule has 1 saturated heterocycles. The summed E-state index contributed by atoms with van der Waals surface area (Å²) in [5.41, 5.74) is 8.28. The van der Waals surface area contributed by atoms with Gasteiger partial charge < -0.3 is 10.6 Å². The summed E-state index contributed by atoms with van der Waals surface area (Å²) in [6.45, 7) is 0. The highest BCUT2D eigenvalue weighted by Crippen LogP contribution is 2.33. The number of carbonyl (C=O) groups excluding carboxylic acids is 3. The molecule has 0 radical (unpaired) electrons. The second-order valence-corrected chi connectivity index (χ2v) is 10.1. The van der Waals surface area contributed by atoms with Crippen LogP contribution in [0.2, 0.25) is 5.02 Å². The molecule has 12 heteroatoms. The smallest absolute Gasteiger partial charge is 0.334 e. The van der Waals surface area contributed by atoms with Crippen molar-refractivity contribution >= 4 is 46.2 Å². The van der Waals surface area contributed by atoms with Gasteiger partial charge in [-0.25, -0.2) is 14.2 Å². The van der Waals surface area contributed by atoms with Crippen molar-refractivity contribution in [2.45, 2.75) is 31.3 Å². The second-order valence-electron chi connectivity index (χ2n) is 8.58. The van der Waals surface area contributed by atoms with Crippen molar-refractivity contribution in [3.63, 3.8) is 0 Å². The van der Waals surface area contributed by atoms with E-state index in [0.29, 0.717) is 36.1 Å². The summed E-state index contributed by atoms with van der Waals surface area (Å²) in [6, 6.07) is 6.33. The summed E-state index contributed by atoms with van der Waals surface area (Å²) in [4.78, 5) is 45.4. The van der Waals surface area contributed by atoms with E-state index in [1.54, 1.807) is 24.5 Å². The van der Waals surface area contributed by atoms with Gasteiger partial charge >= 0.3 is 6.03 Å².